The summed E-state index contributed by atoms with van der Waals surface area (Å²) in [5.41, 5.74) is 0.541. The Morgan fingerprint density at radius 3 is 2.43 bits per heavy atom. The lowest BCUT2D eigenvalue weighted by atomic mass is 9.45. The highest BCUT2D eigenvalue weighted by molar-refractivity contribution is 5.10. The normalized spacial score (nSPS) is 60.0. The van der Waals surface area contributed by atoms with Crippen molar-refractivity contribution in [3.8, 4) is 0 Å². The Balaban J connectivity index is 1.65. The number of hydrogen-bond acceptors (Lipinski definition) is 2. The van der Waals surface area contributed by atoms with Crippen molar-refractivity contribution in [3.63, 3.8) is 0 Å². The predicted molar refractivity (Wildman–Crippen MR) is 83.7 cm³/mol. The van der Waals surface area contributed by atoms with Gasteiger partial charge in [0.05, 0.1) is 12.2 Å². The molecular formula is C19H32O2. The second kappa shape index (κ2) is 4.71. The molecule has 0 saturated heterocycles. The summed E-state index contributed by atoms with van der Waals surface area (Å²) in [6.45, 7) is 4.84. The zero-order valence-electron chi connectivity index (χ0n) is 13.7. The SMILES string of the molecule is C[C@]12CCCC[C@@H]1CC[C@@H]1[C@@H]2CC[C@]2(C)[C@@H](O)[C@H](O)C[C@@H]12. The van der Waals surface area contributed by atoms with Crippen molar-refractivity contribution in [2.24, 2.45) is 34.5 Å². The highest BCUT2D eigenvalue weighted by Crippen LogP contribution is 2.66. The van der Waals surface area contributed by atoms with Crippen LogP contribution >= 0.6 is 0 Å². The van der Waals surface area contributed by atoms with Crippen LogP contribution in [0.4, 0.5) is 0 Å². The number of fused-ring (bicyclic) bond motifs is 5. The van der Waals surface area contributed by atoms with Gasteiger partial charge in [0.15, 0.2) is 0 Å². The third-order valence-corrected chi connectivity index (χ3v) is 8.56. The molecule has 0 aliphatic heterocycles. The molecule has 2 N–H and O–H groups in total. The largest absolute Gasteiger partial charge is 0.390 e. The van der Waals surface area contributed by atoms with Crippen molar-refractivity contribution < 1.29 is 10.2 Å². The molecule has 4 saturated carbocycles. The number of hydrogen-bond donors (Lipinski definition) is 2. The Labute approximate surface area is 129 Å². The molecule has 0 heterocycles. The van der Waals surface area contributed by atoms with Gasteiger partial charge >= 0.3 is 0 Å². The molecule has 120 valence electrons. The van der Waals surface area contributed by atoms with Crippen LogP contribution in [0.1, 0.15) is 71.6 Å². The summed E-state index contributed by atoms with van der Waals surface area (Å²) in [6.07, 6.45) is 10.8. The van der Waals surface area contributed by atoms with Crippen molar-refractivity contribution in [1.29, 1.82) is 0 Å². The maximum absolute atomic E-state index is 10.5. The lowest BCUT2D eigenvalue weighted by Crippen LogP contribution is -2.53. The summed E-state index contributed by atoms with van der Waals surface area (Å²) in [6, 6.07) is 0. The van der Waals surface area contributed by atoms with Crippen LogP contribution in [0.2, 0.25) is 0 Å². The molecule has 0 aromatic heterocycles. The quantitative estimate of drug-likeness (QED) is 0.714. The first-order valence-corrected chi connectivity index (χ1v) is 9.33. The molecular weight excluding hydrogens is 260 g/mol. The molecule has 4 aliphatic carbocycles. The summed E-state index contributed by atoms with van der Waals surface area (Å²) in [5.74, 6) is 3.12. The molecule has 2 nitrogen and oxygen atoms in total. The smallest absolute Gasteiger partial charge is 0.0855 e. The fraction of sp³-hybridized carbons (Fsp3) is 1.00. The van der Waals surface area contributed by atoms with Gasteiger partial charge in [-0.15, -0.1) is 0 Å². The van der Waals surface area contributed by atoms with Crippen LogP contribution in [-0.2, 0) is 0 Å². The zero-order chi connectivity index (χ0) is 14.8. The van der Waals surface area contributed by atoms with E-state index in [-0.39, 0.29) is 5.41 Å². The van der Waals surface area contributed by atoms with Gasteiger partial charge in [-0.2, -0.15) is 0 Å². The van der Waals surface area contributed by atoms with E-state index in [4.69, 9.17) is 0 Å². The van der Waals surface area contributed by atoms with Crippen molar-refractivity contribution in [2.45, 2.75) is 83.8 Å². The monoisotopic (exact) mass is 292 g/mol. The first-order valence-electron chi connectivity index (χ1n) is 9.33. The highest BCUT2D eigenvalue weighted by Gasteiger charge is 2.61. The van der Waals surface area contributed by atoms with Gasteiger partial charge in [-0.1, -0.05) is 26.7 Å². The Hall–Kier alpha value is -0.0800. The van der Waals surface area contributed by atoms with Crippen LogP contribution < -0.4 is 0 Å². The van der Waals surface area contributed by atoms with Crippen LogP contribution in [0.5, 0.6) is 0 Å². The Morgan fingerprint density at radius 1 is 0.810 bits per heavy atom. The first kappa shape index (κ1) is 14.5. The van der Waals surface area contributed by atoms with E-state index in [0.29, 0.717) is 11.3 Å². The summed E-state index contributed by atoms with van der Waals surface area (Å²) in [5, 5.41) is 20.7. The van der Waals surface area contributed by atoms with Gasteiger partial charge in [-0.3, -0.25) is 0 Å². The Kier molecular flexibility index (Phi) is 3.25. The predicted octanol–water partition coefficient (Wildman–Crippen LogP) is 3.75. The van der Waals surface area contributed by atoms with Gasteiger partial charge < -0.3 is 10.2 Å². The van der Waals surface area contributed by atoms with Crippen molar-refractivity contribution in [1.82, 2.24) is 0 Å². The lowest BCUT2D eigenvalue weighted by molar-refractivity contribution is -0.123. The van der Waals surface area contributed by atoms with Crippen molar-refractivity contribution in [3.05, 3.63) is 0 Å². The van der Waals surface area contributed by atoms with Gasteiger partial charge in [-0.25, -0.2) is 0 Å². The molecule has 4 fully saturated rings. The molecule has 21 heavy (non-hydrogen) atoms. The number of aliphatic hydroxyl groups is 2. The van der Waals surface area contributed by atoms with Crippen LogP contribution in [0, 0.1) is 34.5 Å². The molecule has 2 heteroatoms. The van der Waals surface area contributed by atoms with Crippen LogP contribution in [-0.4, -0.2) is 22.4 Å². The second-order valence-corrected chi connectivity index (χ2v) is 9.20. The van der Waals surface area contributed by atoms with Crippen LogP contribution in [0.25, 0.3) is 0 Å². The molecule has 0 bridgehead atoms. The summed E-state index contributed by atoms with van der Waals surface area (Å²) < 4.78 is 0. The zero-order valence-corrected chi connectivity index (χ0v) is 13.7. The molecule has 4 rings (SSSR count). The first-order chi connectivity index (χ1) is 9.97. The Bertz CT molecular complexity index is 422. The maximum Gasteiger partial charge on any atom is 0.0855 e. The number of aliphatic hydroxyl groups excluding tert-OH is 2. The summed E-state index contributed by atoms with van der Waals surface area (Å²) in [4.78, 5) is 0. The van der Waals surface area contributed by atoms with E-state index in [9.17, 15) is 10.2 Å². The highest BCUT2D eigenvalue weighted by atomic mass is 16.3. The van der Waals surface area contributed by atoms with Gasteiger partial charge in [0.2, 0.25) is 0 Å². The van der Waals surface area contributed by atoms with Gasteiger partial charge in [0.25, 0.3) is 0 Å². The van der Waals surface area contributed by atoms with E-state index in [2.05, 4.69) is 13.8 Å². The second-order valence-electron chi connectivity index (χ2n) is 9.20. The Morgan fingerprint density at radius 2 is 1.62 bits per heavy atom. The molecule has 0 unspecified atom stereocenters. The van der Waals surface area contributed by atoms with Gasteiger partial charge in [-0.05, 0) is 79.4 Å². The molecule has 8 atom stereocenters. The average Bonchev–Trinajstić information content (AvgIpc) is 2.70. The lowest BCUT2D eigenvalue weighted by Gasteiger charge is -2.60. The third-order valence-electron chi connectivity index (χ3n) is 8.56. The molecule has 0 aromatic carbocycles. The van der Waals surface area contributed by atoms with E-state index in [1.165, 1.54) is 44.9 Å². The summed E-state index contributed by atoms with van der Waals surface area (Å²) in [7, 11) is 0. The van der Waals surface area contributed by atoms with E-state index in [1.54, 1.807) is 0 Å². The molecule has 4 aliphatic rings. The van der Waals surface area contributed by atoms with Gasteiger partial charge in [0.1, 0.15) is 0 Å². The van der Waals surface area contributed by atoms with E-state index >= 15 is 0 Å². The van der Waals surface area contributed by atoms with E-state index in [0.717, 1.165) is 30.6 Å². The van der Waals surface area contributed by atoms with E-state index < -0.39 is 12.2 Å². The van der Waals surface area contributed by atoms with Crippen molar-refractivity contribution >= 4 is 0 Å². The topological polar surface area (TPSA) is 40.5 Å². The average molecular weight is 292 g/mol. The van der Waals surface area contributed by atoms with Crippen LogP contribution in [0.15, 0.2) is 0 Å². The minimum atomic E-state index is -0.486. The standard InChI is InChI=1S/C19H32O2/c1-18-9-4-3-5-12(18)6-7-13-14(18)8-10-19(2)15(13)11-16(20)17(19)21/h12-17,20-21H,3-11H2,1-2H3/t12-,13-,14+,15+,16-,17+,18+,19+/m1/s1. The van der Waals surface area contributed by atoms with E-state index in [1.807, 2.05) is 0 Å². The third kappa shape index (κ3) is 1.84. The minimum Gasteiger partial charge on any atom is -0.390 e. The maximum atomic E-state index is 10.5. The number of rotatable bonds is 0. The fourth-order valence-electron chi connectivity index (χ4n) is 7.28. The fourth-order valence-corrected chi connectivity index (χ4v) is 7.28. The molecule has 0 radical (unpaired) electrons. The molecule has 0 spiro atoms. The van der Waals surface area contributed by atoms with Crippen LogP contribution in [0.3, 0.4) is 0 Å². The molecule has 0 amide bonds. The minimum absolute atomic E-state index is 0.0154. The van der Waals surface area contributed by atoms with Gasteiger partial charge in [0, 0.05) is 0 Å². The summed E-state index contributed by atoms with van der Waals surface area (Å²) >= 11 is 0. The van der Waals surface area contributed by atoms with Crippen molar-refractivity contribution in [2.75, 3.05) is 0 Å². The molecule has 0 aromatic rings.